The first-order valence-corrected chi connectivity index (χ1v) is 6.33. The Labute approximate surface area is 113 Å². The van der Waals surface area contributed by atoms with Gasteiger partial charge in [0, 0.05) is 24.5 Å². The zero-order valence-electron chi connectivity index (χ0n) is 11.0. The van der Waals surface area contributed by atoms with Gasteiger partial charge in [-0.15, -0.1) is 0 Å². The van der Waals surface area contributed by atoms with E-state index < -0.39 is 0 Å². The summed E-state index contributed by atoms with van der Waals surface area (Å²) in [5.41, 5.74) is 2.21. The van der Waals surface area contributed by atoms with Gasteiger partial charge in [-0.25, -0.2) is 4.79 Å². The van der Waals surface area contributed by atoms with Crippen molar-refractivity contribution in [1.82, 2.24) is 4.57 Å². The summed E-state index contributed by atoms with van der Waals surface area (Å²) in [6.45, 7) is 2.98. The van der Waals surface area contributed by atoms with Gasteiger partial charge < -0.3 is 9.30 Å². The fourth-order valence-corrected chi connectivity index (χ4v) is 1.85. The quantitative estimate of drug-likeness (QED) is 0.607. The zero-order valence-corrected chi connectivity index (χ0v) is 11.0. The van der Waals surface area contributed by atoms with Crippen LogP contribution in [0.2, 0.25) is 0 Å². The summed E-state index contributed by atoms with van der Waals surface area (Å²) in [6, 6.07) is 14.1. The van der Waals surface area contributed by atoms with Crippen LogP contribution < -0.4 is 0 Å². The Morgan fingerprint density at radius 3 is 2.74 bits per heavy atom. The number of benzene rings is 1. The van der Waals surface area contributed by atoms with Crippen molar-refractivity contribution < 1.29 is 9.53 Å². The fourth-order valence-electron chi connectivity index (χ4n) is 1.85. The van der Waals surface area contributed by atoms with Crippen molar-refractivity contribution in [2.24, 2.45) is 0 Å². The van der Waals surface area contributed by atoms with Gasteiger partial charge in [0.2, 0.25) is 0 Å². The number of hydrogen-bond donors (Lipinski definition) is 0. The van der Waals surface area contributed by atoms with E-state index >= 15 is 0 Å². The molecule has 3 heteroatoms. The van der Waals surface area contributed by atoms with E-state index in [-0.39, 0.29) is 5.97 Å². The maximum Gasteiger partial charge on any atom is 0.330 e. The first-order chi connectivity index (χ1) is 9.29. The highest BCUT2D eigenvalue weighted by Crippen LogP contribution is 2.09. The van der Waals surface area contributed by atoms with Crippen molar-refractivity contribution in [3.8, 4) is 0 Å². The smallest absolute Gasteiger partial charge is 0.330 e. The number of aromatic nitrogens is 1. The van der Waals surface area contributed by atoms with Gasteiger partial charge in [-0.3, -0.25) is 0 Å². The molecule has 0 atom stereocenters. The van der Waals surface area contributed by atoms with Gasteiger partial charge >= 0.3 is 5.97 Å². The van der Waals surface area contributed by atoms with Gasteiger partial charge in [0.15, 0.2) is 0 Å². The molecular formula is C16H17NO2. The van der Waals surface area contributed by atoms with Gasteiger partial charge in [0.05, 0.1) is 6.61 Å². The van der Waals surface area contributed by atoms with Crippen molar-refractivity contribution in [3.63, 3.8) is 0 Å². The van der Waals surface area contributed by atoms with Crippen LogP contribution in [0.25, 0.3) is 6.08 Å². The molecule has 0 aliphatic carbocycles. The third kappa shape index (κ3) is 3.85. The minimum atomic E-state index is -0.310. The molecule has 0 aliphatic heterocycles. The van der Waals surface area contributed by atoms with Crippen LogP contribution >= 0.6 is 0 Å². The van der Waals surface area contributed by atoms with E-state index in [9.17, 15) is 4.79 Å². The molecule has 0 N–H and O–H groups in total. The average Bonchev–Trinajstić information content (AvgIpc) is 2.85. The highest BCUT2D eigenvalue weighted by Gasteiger charge is 2.00. The fraction of sp³-hybridized carbons (Fsp3) is 0.188. The molecule has 0 saturated heterocycles. The van der Waals surface area contributed by atoms with E-state index in [4.69, 9.17) is 4.74 Å². The molecule has 0 spiro atoms. The normalized spacial score (nSPS) is 10.8. The summed E-state index contributed by atoms with van der Waals surface area (Å²) < 4.78 is 6.95. The minimum Gasteiger partial charge on any atom is -0.463 e. The number of carbonyl (C=O) groups is 1. The number of rotatable bonds is 5. The lowest BCUT2D eigenvalue weighted by Gasteiger charge is -2.06. The number of nitrogens with zero attached hydrogens (tertiary/aromatic N) is 1. The first-order valence-electron chi connectivity index (χ1n) is 6.33. The van der Waals surface area contributed by atoms with E-state index in [0.717, 1.165) is 12.2 Å². The molecule has 1 aromatic heterocycles. The van der Waals surface area contributed by atoms with Gasteiger partial charge in [-0.1, -0.05) is 30.3 Å². The number of ether oxygens (including phenoxy) is 1. The van der Waals surface area contributed by atoms with Crippen LogP contribution in [-0.4, -0.2) is 17.1 Å². The van der Waals surface area contributed by atoms with Crippen LogP contribution in [-0.2, 0) is 16.1 Å². The standard InChI is InChI=1S/C16H17NO2/c1-2-19-16(18)11-10-15-9-6-12-17(15)13-14-7-4-3-5-8-14/h3-12H,2,13H2,1H3/b11-10+. The molecular weight excluding hydrogens is 238 g/mol. The van der Waals surface area contributed by atoms with Crippen LogP contribution in [0.3, 0.4) is 0 Å². The van der Waals surface area contributed by atoms with Crippen molar-refractivity contribution in [2.45, 2.75) is 13.5 Å². The van der Waals surface area contributed by atoms with E-state index in [1.165, 1.54) is 11.6 Å². The summed E-state index contributed by atoms with van der Waals surface area (Å²) >= 11 is 0. The minimum absolute atomic E-state index is 0.310. The van der Waals surface area contributed by atoms with Crippen LogP contribution in [0.5, 0.6) is 0 Å². The number of hydrogen-bond acceptors (Lipinski definition) is 2. The second-order valence-electron chi connectivity index (χ2n) is 4.13. The summed E-state index contributed by atoms with van der Waals surface area (Å²) in [6.07, 6.45) is 5.24. The van der Waals surface area contributed by atoms with Crippen molar-refractivity contribution >= 4 is 12.0 Å². The SMILES string of the molecule is CCOC(=O)/C=C/c1cccn1Cc1ccccc1. The highest BCUT2D eigenvalue weighted by molar-refractivity contribution is 5.86. The maximum absolute atomic E-state index is 11.3. The van der Waals surface area contributed by atoms with Crippen molar-refractivity contribution in [2.75, 3.05) is 6.61 Å². The molecule has 1 heterocycles. The Hall–Kier alpha value is -2.29. The lowest BCUT2D eigenvalue weighted by Crippen LogP contribution is -2.01. The second-order valence-corrected chi connectivity index (χ2v) is 4.13. The van der Waals surface area contributed by atoms with E-state index in [0.29, 0.717) is 6.61 Å². The zero-order chi connectivity index (χ0) is 13.5. The lowest BCUT2D eigenvalue weighted by molar-refractivity contribution is -0.137. The molecule has 0 bridgehead atoms. The molecule has 0 saturated carbocycles. The molecule has 0 aliphatic rings. The molecule has 2 rings (SSSR count). The predicted molar refractivity (Wildman–Crippen MR) is 75.6 cm³/mol. The Balaban J connectivity index is 2.08. The van der Waals surface area contributed by atoms with Gasteiger partial charge in [-0.2, -0.15) is 0 Å². The molecule has 0 radical (unpaired) electrons. The van der Waals surface area contributed by atoms with Crippen LogP contribution in [0, 0.1) is 0 Å². The predicted octanol–water partition coefficient (Wildman–Crippen LogP) is 3.11. The Bertz CT molecular complexity index is 555. The van der Waals surface area contributed by atoms with Crippen LogP contribution in [0.4, 0.5) is 0 Å². The monoisotopic (exact) mass is 255 g/mol. The Morgan fingerprint density at radius 2 is 2.00 bits per heavy atom. The van der Waals surface area contributed by atoms with E-state index in [1.54, 1.807) is 13.0 Å². The topological polar surface area (TPSA) is 31.2 Å². The molecule has 0 unspecified atom stereocenters. The van der Waals surface area contributed by atoms with Gasteiger partial charge in [-0.05, 0) is 30.7 Å². The summed E-state index contributed by atoms with van der Waals surface area (Å²) in [5, 5.41) is 0. The van der Waals surface area contributed by atoms with E-state index in [1.807, 2.05) is 36.5 Å². The van der Waals surface area contributed by atoms with Crippen molar-refractivity contribution in [3.05, 3.63) is 66.0 Å². The highest BCUT2D eigenvalue weighted by atomic mass is 16.5. The third-order valence-corrected chi connectivity index (χ3v) is 2.74. The van der Waals surface area contributed by atoms with Gasteiger partial charge in [0.25, 0.3) is 0 Å². The Kier molecular flexibility index (Phi) is 4.56. The summed E-state index contributed by atoms with van der Waals surface area (Å²) in [4.78, 5) is 11.3. The molecule has 98 valence electrons. The summed E-state index contributed by atoms with van der Waals surface area (Å²) in [5.74, 6) is -0.310. The Morgan fingerprint density at radius 1 is 1.21 bits per heavy atom. The second kappa shape index (κ2) is 6.59. The van der Waals surface area contributed by atoms with E-state index in [2.05, 4.69) is 16.7 Å². The van der Waals surface area contributed by atoms with Crippen LogP contribution in [0.15, 0.2) is 54.7 Å². The van der Waals surface area contributed by atoms with Gasteiger partial charge in [0.1, 0.15) is 0 Å². The third-order valence-electron chi connectivity index (χ3n) is 2.74. The molecule has 3 nitrogen and oxygen atoms in total. The largest absolute Gasteiger partial charge is 0.463 e. The average molecular weight is 255 g/mol. The van der Waals surface area contributed by atoms with Crippen LogP contribution in [0.1, 0.15) is 18.2 Å². The molecule has 0 amide bonds. The number of esters is 1. The van der Waals surface area contributed by atoms with Crippen molar-refractivity contribution in [1.29, 1.82) is 0 Å². The molecule has 1 aromatic carbocycles. The summed E-state index contributed by atoms with van der Waals surface area (Å²) in [7, 11) is 0. The maximum atomic E-state index is 11.3. The number of carbonyl (C=O) groups excluding carboxylic acids is 1. The molecule has 0 fully saturated rings. The molecule has 2 aromatic rings. The first kappa shape index (κ1) is 13.1. The molecule has 19 heavy (non-hydrogen) atoms. The lowest BCUT2D eigenvalue weighted by atomic mass is 10.2.